The largest absolute Gasteiger partial charge is 0.338 e. The van der Waals surface area contributed by atoms with Crippen molar-refractivity contribution in [3.63, 3.8) is 0 Å². The van der Waals surface area contributed by atoms with Gasteiger partial charge in [0.1, 0.15) is 5.54 Å². The van der Waals surface area contributed by atoms with Gasteiger partial charge in [0.05, 0.1) is 11.4 Å². The number of hydrogen-bond donors (Lipinski definition) is 1. The number of nitriles is 1. The van der Waals surface area contributed by atoms with Crippen LogP contribution in [0.4, 0.5) is 0 Å². The molecule has 0 rings (SSSR count). The molecular weight excluding hydrogens is 231 g/mol. The van der Waals surface area contributed by atoms with E-state index in [2.05, 4.69) is 21.2 Å². The Kier molecular flexibility index (Phi) is 6.53. The zero-order valence-electron chi connectivity index (χ0n) is 6.35. The quantitative estimate of drug-likeness (QED) is 0.739. The maximum atomic E-state index is 10.7. The molecule has 64 valence electrons. The van der Waals surface area contributed by atoms with Gasteiger partial charge in [-0.15, -0.1) is 12.4 Å². The zero-order chi connectivity index (χ0) is 8.20. The average molecular weight is 242 g/mol. The van der Waals surface area contributed by atoms with Gasteiger partial charge < -0.3 is 5.32 Å². The highest BCUT2D eigenvalue weighted by molar-refractivity contribution is 9.09. The normalized spacial score (nSPS) is 9.27. The van der Waals surface area contributed by atoms with Crippen molar-refractivity contribution in [2.45, 2.75) is 19.4 Å². The van der Waals surface area contributed by atoms with E-state index in [1.54, 1.807) is 13.8 Å². The number of alkyl halides is 1. The topological polar surface area (TPSA) is 52.9 Å². The highest BCUT2D eigenvalue weighted by Crippen LogP contribution is 1.98. The lowest BCUT2D eigenvalue weighted by Gasteiger charge is -2.15. The van der Waals surface area contributed by atoms with Gasteiger partial charge in [-0.25, -0.2) is 0 Å². The molecule has 0 unspecified atom stereocenters. The number of amides is 1. The molecule has 11 heavy (non-hydrogen) atoms. The van der Waals surface area contributed by atoms with E-state index in [0.717, 1.165) is 0 Å². The van der Waals surface area contributed by atoms with Crippen molar-refractivity contribution in [2.24, 2.45) is 0 Å². The molecule has 0 aromatic carbocycles. The molecule has 1 amide bonds. The summed E-state index contributed by atoms with van der Waals surface area (Å²) >= 11 is 2.98. The second kappa shape index (κ2) is 5.39. The van der Waals surface area contributed by atoms with Crippen LogP contribution in [0, 0.1) is 11.3 Å². The van der Waals surface area contributed by atoms with Crippen LogP contribution in [0.25, 0.3) is 0 Å². The molecule has 0 aliphatic rings. The maximum absolute atomic E-state index is 10.7. The van der Waals surface area contributed by atoms with E-state index >= 15 is 0 Å². The second-order valence-corrected chi connectivity index (χ2v) is 2.98. The number of halogens is 2. The zero-order valence-corrected chi connectivity index (χ0v) is 8.75. The molecule has 1 N–H and O–H groups in total. The summed E-state index contributed by atoms with van der Waals surface area (Å²) < 4.78 is 0. The molecule has 0 saturated carbocycles. The number of nitrogens with one attached hydrogen (secondary N) is 1. The van der Waals surface area contributed by atoms with Crippen LogP contribution in [-0.2, 0) is 4.79 Å². The predicted molar refractivity (Wildman–Crippen MR) is 48.9 cm³/mol. The number of hydrogen-bond acceptors (Lipinski definition) is 2. The molecule has 0 spiro atoms. The molecule has 0 aliphatic heterocycles. The van der Waals surface area contributed by atoms with Gasteiger partial charge in [-0.05, 0) is 13.8 Å². The van der Waals surface area contributed by atoms with Crippen molar-refractivity contribution in [1.82, 2.24) is 5.32 Å². The van der Waals surface area contributed by atoms with Gasteiger partial charge in [-0.2, -0.15) is 5.26 Å². The molecule has 0 heterocycles. The Morgan fingerprint density at radius 3 is 2.45 bits per heavy atom. The van der Waals surface area contributed by atoms with Gasteiger partial charge in [0.25, 0.3) is 0 Å². The fourth-order valence-electron chi connectivity index (χ4n) is 0.410. The Hall–Kier alpha value is -0.270. The third-order valence-electron chi connectivity index (χ3n) is 0.853. The summed E-state index contributed by atoms with van der Waals surface area (Å²) in [6, 6.07) is 1.95. The molecule has 0 atom stereocenters. The Labute approximate surface area is 80.7 Å². The standard InChI is InChI=1S/C6H9BrN2O.ClH/c1-6(2,4-8)9-5(10)3-7;/h3H2,1-2H3,(H,9,10);1H. The van der Waals surface area contributed by atoms with Gasteiger partial charge in [0, 0.05) is 0 Å². The summed E-state index contributed by atoms with van der Waals surface area (Å²) in [5.41, 5.74) is -0.759. The first-order valence-electron chi connectivity index (χ1n) is 2.80. The molecule has 0 aliphatic carbocycles. The first-order chi connectivity index (χ1) is 4.52. The van der Waals surface area contributed by atoms with Crippen molar-refractivity contribution in [3.05, 3.63) is 0 Å². The van der Waals surface area contributed by atoms with E-state index in [4.69, 9.17) is 5.26 Å². The number of carbonyl (C=O) groups is 1. The number of nitrogens with zero attached hydrogens (tertiary/aromatic N) is 1. The maximum Gasteiger partial charge on any atom is 0.231 e. The Morgan fingerprint density at radius 2 is 2.18 bits per heavy atom. The minimum absolute atomic E-state index is 0. The van der Waals surface area contributed by atoms with Gasteiger partial charge >= 0.3 is 0 Å². The SMILES string of the molecule is CC(C)(C#N)NC(=O)CBr.Cl. The summed E-state index contributed by atoms with van der Waals surface area (Å²) in [4.78, 5) is 10.7. The molecule has 3 nitrogen and oxygen atoms in total. The van der Waals surface area contributed by atoms with Crippen LogP contribution >= 0.6 is 28.3 Å². The van der Waals surface area contributed by atoms with Gasteiger partial charge in [-0.1, -0.05) is 15.9 Å². The van der Waals surface area contributed by atoms with Crippen LogP contribution in [0.2, 0.25) is 0 Å². The summed E-state index contributed by atoms with van der Waals surface area (Å²) in [5.74, 6) is -0.174. The smallest absolute Gasteiger partial charge is 0.231 e. The van der Waals surface area contributed by atoms with E-state index in [-0.39, 0.29) is 23.6 Å². The summed E-state index contributed by atoms with van der Waals surface area (Å²) in [5, 5.41) is 11.2. The average Bonchev–Trinajstić information content (AvgIpc) is 1.87. The lowest BCUT2D eigenvalue weighted by Crippen LogP contribution is -2.42. The third-order valence-corrected chi connectivity index (χ3v) is 1.36. The third kappa shape index (κ3) is 6.14. The van der Waals surface area contributed by atoms with Crippen molar-refractivity contribution < 1.29 is 4.79 Å². The van der Waals surface area contributed by atoms with Gasteiger partial charge in [0.2, 0.25) is 5.91 Å². The molecule has 0 aromatic heterocycles. The van der Waals surface area contributed by atoms with Crippen molar-refractivity contribution in [3.8, 4) is 6.07 Å². The molecule has 0 aromatic rings. The fraction of sp³-hybridized carbons (Fsp3) is 0.667. The van der Waals surface area contributed by atoms with Crippen LogP contribution < -0.4 is 5.32 Å². The Morgan fingerprint density at radius 1 is 1.73 bits per heavy atom. The molecule has 0 saturated heterocycles. The van der Waals surface area contributed by atoms with E-state index in [0.29, 0.717) is 0 Å². The highest BCUT2D eigenvalue weighted by atomic mass is 79.9. The van der Waals surface area contributed by atoms with Crippen LogP contribution in [0.3, 0.4) is 0 Å². The van der Waals surface area contributed by atoms with Crippen LogP contribution in [0.5, 0.6) is 0 Å². The molecule has 0 fully saturated rings. The van der Waals surface area contributed by atoms with Crippen LogP contribution in [0.15, 0.2) is 0 Å². The Balaban J connectivity index is 0. The van der Waals surface area contributed by atoms with Gasteiger partial charge in [-0.3, -0.25) is 4.79 Å². The summed E-state index contributed by atoms with van der Waals surface area (Å²) in [7, 11) is 0. The Bertz CT molecular complexity index is 176. The van der Waals surface area contributed by atoms with E-state index in [1.165, 1.54) is 0 Å². The molecule has 5 heteroatoms. The fourth-order valence-corrected chi connectivity index (χ4v) is 0.550. The van der Waals surface area contributed by atoms with Crippen molar-refractivity contribution in [1.29, 1.82) is 5.26 Å². The lowest BCUT2D eigenvalue weighted by atomic mass is 10.1. The predicted octanol–water partition coefficient (Wildman–Crippen LogP) is 1.22. The first-order valence-corrected chi connectivity index (χ1v) is 3.92. The van der Waals surface area contributed by atoms with Crippen molar-refractivity contribution >= 4 is 34.2 Å². The minimum Gasteiger partial charge on any atom is -0.338 e. The summed E-state index contributed by atoms with van der Waals surface area (Å²) in [6.45, 7) is 3.29. The van der Waals surface area contributed by atoms with Crippen LogP contribution in [0.1, 0.15) is 13.8 Å². The van der Waals surface area contributed by atoms with Crippen molar-refractivity contribution in [2.75, 3.05) is 5.33 Å². The highest BCUT2D eigenvalue weighted by Gasteiger charge is 2.17. The minimum atomic E-state index is -0.759. The number of carbonyl (C=O) groups excluding carboxylic acids is 1. The van der Waals surface area contributed by atoms with E-state index < -0.39 is 5.54 Å². The monoisotopic (exact) mass is 240 g/mol. The van der Waals surface area contributed by atoms with Gasteiger partial charge in [0.15, 0.2) is 0 Å². The van der Waals surface area contributed by atoms with Crippen LogP contribution in [-0.4, -0.2) is 16.8 Å². The lowest BCUT2D eigenvalue weighted by molar-refractivity contribution is -0.119. The number of rotatable bonds is 2. The molecule has 0 bridgehead atoms. The molecular formula is C6H10BrClN2O. The second-order valence-electron chi connectivity index (χ2n) is 2.42. The molecule has 0 radical (unpaired) electrons. The first kappa shape index (κ1) is 13.3. The van der Waals surface area contributed by atoms with E-state index in [9.17, 15) is 4.79 Å². The summed E-state index contributed by atoms with van der Waals surface area (Å²) in [6.07, 6.45) is 0. The van der Waals surface area contributed by atoms with E-state index in [1.807, 2.05) is 6.07 Å².